The van der Waals surface area contributed by atoms with Crippen molar-refractivity contribution in [2.75, 3.05) is 11.1 Å². The van der Waals surface area contributed by atoms with Gasteiger partial charge in [0.2, 0.25) is 5.91 Å². The van der Waals surface area contributed by atoms with Crippen LogP contribution in [0.2, 0.25) is 0 Å². The van der Waals surface area contributed by atoms with Gasteiger partial charge < -0.3 is 21.1 Å². The second-order valence-electron chi connectivity index (χ2n) is 6.77. The number of hydrogen-bond donors (Lipinski definition) is 4. The van der Waals surface area contributed by atoms with Crippen LogP contribution in [0.25, 0.3) is 0 Å². The number of carboxylic acid groups (broad SMARTS) is 1. The first-order chi connectivity index (χ1) is 12.4. The molecule has 26 heavy (non-hydrogen) atoms. The second-order valence-corrected chi connectivity index (χ2v) is 8.04. The molecule has 0 radical (unpaired) electrons. The van der Waals surface area contributed by atoms with Crippen LogP contribution in [0.4, 0.5) is 10.5 Å². The summed E-state index contributed by atoms with van der Waals surface area (Å²) in [5.41, 5.74) is 1.28. The molecule has 2 aliphatic heterocycles. The Morgan fingerprint density at radius 3 is 2.88 bits per heavy atom. The minimum absolute atomic E-state index is 0.0861. The first-order valence-corrected chi connectivity index (χ1v) is 9.81. The van der Waals surface area contributed by atoms with Gasteiger partial charge >= 0.3 is 12.0 Å². The number of benzene rings is 1. The summed E-state index contributed by atoms with van der Waals surface area (Å²) < 4.78 is 0. The molecule has 0 aromatic heterocycles. The maximum atomic E-state index is 12.1. The van der Waals surface area contributed by atoms with Crippen LogP contribution in [-0.2, 0) is 4.79 Å². The number of aromatic carboxylic acids is 1. The highest BCUT2D eigenvalue weighted by Gasteiger charge is 2.42. The summed E-state index contributed by atoms with van der Waals surface area (Å²) in [5, 5.41) is 18.2. The van der Waals surface area contributed by atoms with Crippen molar-refractivity contribution in [1.29, 1.82) is 0 Å². The molecule has 3 amide bonds. The fourth-order valence-electron chi connectivity index (χ4n) is 3.43. The number of fused-ring (bicyclic) bond motifs is 1. The monoisotopic (exact) mass is 377 g/mol. The van der Waals surface area contributed by atoms with Crippen LogP contribution in [0.1, 0.15) is 41.6 Å². The lowest BCUT2D eigenvalue weighted by Gasteiger charge is -2.16. The number of hydrogen-bond acceptors (Lipinski definition) is 4. The van der Waals surface area contributed by atoms with Crippen LogP contribution in [0.5, 0.6) is 0 Å². The number of rotatable bonds is 7. The molecular weight excluding hydrogens is 354 g/mol. The molecule has 2 saturated heterocycles. The van der Waals surface area contributed by atoms with Crippen LogP contribution in [0.15, 0.2) is 18.2 Å². The van der Waals surface area contributed by atoms with E-state index in [2.05, 4.69) is 16.0 Å². The van der Waals surface area contributed by atoms with Crippen molar-refractivity contribution >= 4 is 35.4 Å². The van der Waals surface area contributed by atoms with Gasteiger partial charge in [-0.25, -0.2) is 9.59 Å². The van der Waals surface area contributed by atoms with Crippen LogP contribution < -0.4 is 16.0 Å². The highest BCUT2D eigenvalue weighted by molar-refractivity contribution is 8.00. The molecule has 7 nitrogen and oxygen atoms in total. The number of nitrogens with one attached hydrogen (secondary N) is 3. The third-order valence-electron chi connectivity index (χ3n) is 4.76. The van der Waals surface area contributed by atoms with Crippen LogP contribution >= 0.6 is 11.8 Å². The van der Waals surface area contributed by atoms with Gasteiger partial charge in [-0.15, -0.1) is 0 Å². The Kier molecular flexibility index (Phi) is 5.70. The topological polar surface area (TPSA) is 108 Å². The Balaban J connectivity index is 1.42. The Hall–Kier alpha value is -2.22. The van der Waals surface area contributed by atoms with Gasteiger partial charge in [-0.05, 0) is 31.9 Å². The van der Waals surface area contributed by atoms with Gasteiger partial charge in [0, 0.05) is 17.4 Å². The van der Waals surface area contributed by atoms with Gasteiger partial charge in [0.05, 0.1) is 23.3 Å². The number of carbonyl (C=O) groups is 3. The average Bonchev–Trinajstić information content (AvgIpc) is 3.12. The summed E-state index contributed by atoms with van der Waals surface area (Å²) in [6.45, 7) is 1.81. The molecule has 8 heteroatoms. The van der Waals surface area contributed by atoms with Gasteiger partial charge in [0.15, 0.2) is 0 Å². The number of aryl methyl sites for hydroxylation is 1. The molecule has 0 saturated carbocycles. The third-order valence-corrected chi connectivity index (χ3v) is 6.27. The number of unbranched alkanes of at least 4 members (excludes halogenated alkanes) is 1. The van der Waals surface area contributed by atoms with Crippen LogP contribution in [-0.4, -0.2) is 46.1 Å². The number of carbonyl (C=O) groups excluding carboxylic acids is 2. The van der Waals surface area contributed by atoms with E-state index in [1.165, 1.54) is 0 Å². The van der Waals surface area contributed by atoms with Crippen LogP contribution in [0, 0.1) is 6.92 Å². The molecule has 0 bridgehead atoms. The number of urea groups is 1. The van der Waals surface area contributed by atoms with E-state index in [4.69, 9.17) is 0 Å². The van der Waals surface area contributed by atoms with E-state index in [1.54, 1.807) is 18.2 Å². The Morgan fingerprint density at radius 1 is 1.31 bits per heavy atom. The van der Waals surface area contributed by atoms with Crippen molar-refractivity contribution in [3.63, 3.8) is 0 Å². The predicted octanol–water partition coefficient (Wildman–Crippen LogP) is 2.36. The van der Waals surface area contributed by atoms with E-state index in [-0.39, 0.29) is 29.6 Å². The first-order valence-electron chi connectivity index (χ1n) is 8.76. The van der Waals surface area contributed by atoms with E-state index in [0.717, 1.165) is 30.6 Å². The number of amides is 3. The molecule has 1 aromatic carbocycles. The molecule has 140 valence electrons. The van der Waals surface area contributed by atoms with E-state index in [0.29, 0.717) is 17.4 Å². The number of carboxylic acids is 1. The molecule has 0 unspecified atom stereocenters. The zero-order valence-corrected chi connectivity index (χ0v) is 15.4. The fraction of sp³-hybridized carbons (Fsp3) is 0.500. The summed E-state index contributed by atoms with van der Waals surface area (Å²) >= 11 is 1.86. The van der Waals surface area contributed by atoms with Crippen molar-refractivity contribution < 1.29 is 19.5 Å². The Morgan fingerprint density at radius 2 is 2.12 bits per heavy atom. The Labute approximate surface area is 156 Å². The average molecular weight is 377 g/mol. The SMILES string of the molecule is Cc1ccc(NC(=O)CCCC[C@@H]2SC[C@@H]3NC(=O)N[C@@H]32)c(C(=O)O)c1. The normalized spacial score (nSPS) is 23.9. The summed E-state index contributed by atoms with van der Waals surface area (Å²) in [4.78, 5) is 34.8. The van der Waals surface area contributed by atoms with Gasteiger partial charge in [-0.1, -0.05) is 18.1 Å². The first kappa shape index (κ1) is 18.6. The number of thioether (sulfide) groups is 1. The van der Waals surface area contributed by atoms with Gasteiger partial charge in [-0.3, -0.25) is 4.79 Å². The van der Waals surface area contributed by atoms with Gasteiger partial charge in [0.25, 0.3) is 0 Å². The van der Waals surface area contributed by atoms with Crippen molar-refractivity contribution in [1.82, 2.24) is 10.6 Å². The predicted molar refractivity (Wildman–Crippen MR) is 101 cm³/mol. The highest BCUT2D eigenvalue weighted by atomic mass is 32.2. The van der Waals surface area contributed by atoms with E-state index >= 15 is 0 Å². The third kappa shape index (κ3) is 4.30. The van der Waals surface area contributed by atoms with Crippen molar-refractivity contribution in [2.45, 2.75) is 49.9 Å². The Bertz CT molecular complexity index is 724. The van der Waals surface area contributed by atoms with Gasteiger partial charge in [0.1, 0.15) is 0 Å². The lowest BCUT2D eigenvalue weighted by atomic mass is 10.0. The summed E-state index contributed by atoms with van der Waals surface area (Å²) in [7, 11) is 0. The van der Waals surface area contributed by atoms with E-state index in [9.17, 15) is 19.5 Å². The quantitative estimate of drug-likeness (QED) is 0.431. The summed E-state index contributed by atoms with van der Waals surface area (Å²) in [6.07, 6.45) is 2.93. The van der Waals surface area contributed by atoms with Crippen molar-refractivity contribution in [2.24, 2.45) is 0 Å². The molecule has 0 aliphatic carbocycles. The molecule has 4 N–H and O–H groups in total. The maximum absolute atomic E-state index is 12.1. The lowest BCUT2D eigenvalue weighted by molar-refractivity contribution is -0.116. The summed E-state index contributed by atoms with van der Waals surface area (Å²) in [6, 6.07) is 5.28. The molecular formula is C18H23N3O4S. The van der Waals surface area contributed by atoms with E-state index in [1.807, 2.05) is 18.7 Å². The molecule has 0 spiro atoms. The lowest BCUT2D eigenvalue weighted by Crippen LogP contribution is -2.36. The molecule has 2 heterocycles. The molecule has 2 aliphatic rings. The smallest absolute Gasteiger partial charge is 0.337 e. The van der Waals surface area contributed by atoms with Gasteiger partial charge in [-0.2, -0.15) is 11.8 Å². The molecule has 1 aromatic rings. The molecule has 3 atom stereocenters. The minimum Gasteiger partial charge on any atom is -0.478 e. The van der Waals surface area contributed by atoms with Crippen molar-refractivity contribution in [3.05, 3.63) is 29.3 Å². The van der Waals surface area contributed by atoms with Crippen LogP contribution in [0.3, 0.4) is 0 Å². The van der Waals surface area contributed by atoms with Crippen molar-refractivity contribution in [3.8, 4) is 0 Å². The maximum Gasteiger partial charge on any atom is 0.337 e. The highest BCUT2D eigenvalue weighted by Crippen LogP contribution is 2.33. The zero-order valence-electron chi connectivity index (χ0n) is 14.6. The second kappa shape index (κ2) is 7.99. The molecule has 2 fully saturated rings. The largest absolute Gasteiger partial charge is 0.478 e. The number of anilines is 1. The van der Waals surface area contributed by atoms with E-state index < -0.39 is 5.97 Å². The standard InChI is InChI=1S/C18H23N3O4S/c1-10-6-7-12(11(8-10)17(23)24)19-15(22)5-3-2-4-14-16-13(9-26-14)20-18(25)21-16/h6-8,13-14,16H,2-5,9H2,1H3,(H,19,22)(H,23,24)(H2,20,21,25)/t13-,14-,16-/m0/s1. The minimum atomic E-state index is -1.05. The zero-order chi connectivity index (χ0) is 18.7. The molecule has 3 rings (SSSR count). The summed E-state index contributed by atoms with van der Waals surface area (Å²) in [5.74, 6) is -0.298. The fourth-order valence-corrected chi connectivity index (χ4v) is 4.97.